The van der Waals surface area contributed by atoms with Crippen LogP contribution in [-0.2, 0) is 10.2 Å². The molecule has 2 rings (SSSR count). The summed E-state index contributed by atoms with van der Waals surface area (Å²) in [6.45, 7) is 4.22. The zero-order valence-corrected chi connectivity index (χ0v) is 11.3. The first-order chi connectivity index (χ1) is 8.49. The number of nitrogens with zero attached hydrogens (tertiary/aromatic N) is 2. The summed E-state index contributed by atoms with van der Waals surface area (Å²) in [5, 5.41) is 9.45. The Morgan fingerprint density at radius 2 is 2.33 bits per heavy atom. The molecule has 0 N–H and O–H groups in total. The van der Waals surface area contributed by atoms with Crippen molar-refractivity contribution in [2.24, 2.45) is 0 Å². The Morgan fingerprint density at radius 3 is 2.94 bits per heavy atom. The number of hydrogen-bond acceptors (Lipinski definition) is 2. The Labute approximate surface area is 112 Å². The summed E-state index contributed by atoms with van der Waals surface area (Å²) in [6, 6.07) is 7.78. The monoisotopic (exact) mass is 262 g/mol. The largest absolute Gasteiger partial charge is 0.311 e. The molecule has 1 aromatic rings. The van der Waals surface area contributed by atoms with Crippen LogP contribution in [0.25, 0.3) is 0 Å². The van der Waals surface area contributed by atoms with Crippen molar-refractivity contribution in [2.45, 2.75) is 32.1 Å². The van der Waals surface area contributed by atoms with Crippen LogP contribution in [0, 0.1) is 11.3 Å². The van der Waals surface area contributed by atoms with Gasteiger partial charge in [-0.1, -0.05) is 24.6 Å². The molecule has 1 unspecified atom stereocenters. The molecule has 0 radical (unpaired) electrons. The summed E-state index contributed by atoms with van der Waals surface area (Å²) >= 11 is 6.28. The van der Waals surface area contributed by atoms with Gasteiger partial charge in [0.25, 0.3) is 0 Å². The molecule has 0 aromatic heterocycles. The smallest absolute Gasteiger partial charge is 0.223 e. The van der Waals surface area contributed by atoms with E-state index >= 15 is 0 Å². The van der Waals surface area contributed by atoms with E-state index in [4.69, 9.17) is 16.9 Å². The van der Waals surface area contributed by atoms with Crippen molar-refractivity contribution in [1.29, 1.82) is 5.26 Å². The van der Waals surface area contributed by atoms with Gasteiger partial charge >= 0.3 is 0 Å². The van der Waals surface area contributed by atoms with Gasteiger partial charge in [0.1, 0.15) is 0 Å². The number of carbonyl (C=O) groups excluding carboxylic acids is 1. The molecule has 0 fully saturated rings. The Morgan fingerprint density at radius 1 is 1.61 bits per heavy atom. The van der Waals surface area contributed by atoms with E-state index in [9.17, 15) is 4.79 Å². The molecule has 0 saturated carbocycles. The summed E-state index contributed by atoms with van der Waals surface area (Å²) in [6.07, 6.45) is 1.18. The van der Waals surface area contributed by atoms with E-state index in [0.717, 1.165) is 11.3 Å². The molecular weight excluding hydrogens is 248 g/mol. The number of anilines is 1. The lowest BCUT2D eigenvalue weighted by atomic mass is 9.80. The van der Waals surface area contributed by atoms with Crippen LogP contribution in [-0.4, -0.2) is 12.5 Å². The molecule has 3 nitrogen and oxygen atoms in total. The Bertz CT molecular complexity index is 535. The standard InChI is InChI=1S/C14H15ClN2O/c1-10(18)17-9-14(2,7-4-8-16)13-11(15)5-3-6-12(13)17/h3,5-6H,4,7,9H2,1-2H3. The molecule has 0 saturated heterocycles. The van der Waals surface area contributed by atoms with Crippen LogP contribution in [0.2, 0.25) is 5.02 Å². The summed E-state index contributed by atoms with van der Waals surface area (Å²) < 4.78 is 0. The van der Waals surface area contributed by atoms with Crippen LogP contribution in [0.1, 0.15) is 32.3 Å². The van der Waals surface area contributed by atoms with Crippen molar-refractivity contribution in [3.63, 3.8) is 0 Å². The van der Waals surface area contributed by atoms with Gasteiger partial charge in [0.05, 0.1) is 6.07 Å². The van der Waals surface area contributed by atoms with Crippen LogP contribution in [0.4, 0.5) is 5.69 Å². The van der Waals surface area contributed by atoms with E-state index in [1.807, 2.05) is 18.2 Å². The Balaban J connectivity index is 2.51. The summed E-state index contributed by atoms with van der Waals surface area (Å²) in [5.74, 6) is 0.0131. The lowest BCUT2D eigenvalue weighted by Gasteiger charge is -2.24. The predicted octanol–water partition coefficient (Wildman–Crippen LogP) is 3.27. The second kappa shape index (κ2) is 4.62. The van der Waals surface area contributed by atoms with Crippen molar-refractivity contribution in [3.05, 3.63) is 28.8 Å². The van der Waals surface area contributed by atoms with Gasteiger partial charge in [-0.15, -0.1) is 0 Å². The topological polar surface area (TPSA) is 44.1 Å². The summed E-state index contributed by atoms with van der Waals surface area (Å²) in [5.41, 5.74) is 1.65. The lowest BCUT2D eigenvalue weighted by Crippen LogP contribution is -2.33. The van der Waals surface area contributed by atoms with Gasteiger partial charge in [0, 0.05) is 41.6 Å². The minimum absolute atomic E-state index is 0.0131. The van der Waals surface area contributed by atoms with Gasteiger partial charge < -0.3 is 4.90 Å². The minimum atomic E-state index is -0.227. The van der Waals surface area contributed by atoms with E-state index in [-0.39, 0.29) is 11.3 Å². The first-order valence-corrected chi connectivity index (χ1v) is 6.31. The molecule has 18 heavy (non-hydrogen) atoms. The Kier molecular flexibility index (Phi) is 3.32. The highest BCUT2D eigenvalue weighted by Gasteiger charge is 2.41. The maximum Gasteiger partial charge on any atom is 0.223 e. The van der Waals surface area contributed by atoms with Crippen molar-refractivity contribution in [3.8, 4) is 6.07 Å². The van der Waals surface area contributed by atoms with Gasteiger partial charge in [0.15, 0.2) is 0 Å². The van der Waals surface area contributed by atoms with Gasteiger partial charge in [-0.05, 0) is 18.6 Å². The highest BCUT2D eigenvalue weighted by Crippen LogP contribution is 2.46. The zero-order chi connectivity index (χ0) is 13.3. The number of amides is 1. The predicted molar refractivity (Wildman–Crippen MR) is 71.7 cm³/mol. The second-order valence-electron chi connectivity index (χ2n) is 4.96. The van der Waals surface area contributed by atoms with Crippen LogP contribution >= 0.6 is 11.6 Å². The van der Waals surface area contributed by atoms with Crippen molar-refractivity contribution in [2.75, 3.05) is 11.4 Å². The second-order valence-corrected chi connectivity index (χ2v) is 5.37. The van der Waals surface area contributed by atoms with E-state index < -0.39 is 0 Å². The highest BCUT2D eigenvalue weighted by atomic mass is 35.5. The van der Waals surface area contributed by atoms with Crippen LogP contribution in [0.5, 0.6) is 0 Å². The van der Waals surface area contributed by atoms with Crippen LogP contribution < -0.4 is 4.90 Å². The highest BCUT2D eigenvalue weighted by molar-refractivity contribution is 6.32. The van der Waals surface area contributed by atoms with Gasteiger partial charge in [0.2, 0.25) is 5.91 Å². The fraction of sp³-hybridized carbons (Fsp3) is 0.429. The maximum atomic E-state index is 11.7. The molecule has 94 valence electrons. The van der Waals surface area contributed by atoms with Crippen molar-refractivity contribution >= 4 is 23.2 Å². The van der Waals surface area contributed by atoms with Gasteiger partial charge in [-0.3, -0.25) is 4.79 Å². The van der Waals surface area contributed by atoms with Crippen LogP contribution in [0.15, 0.2) is 18.2 Å². The van der Waals surface area contributed by atoms with Crippen molar-refractivity contribution < 1.29 is 4.79 Å². The molecular formula is C14H15ClN2O. The third kappa shape index (κ3) is 1.97. The fourth-order valence-electron chi connectivity index (χ4n) is 2.67. The zero-order valence-electron chi connectivity index (χ0n) is 10.5. The molecule has 1 atom stereocenters. The van der Waals surface area contributed by atoms with E-state index in [2.05, 4.69) is 13.0 Å². The fourth-order valence-corrected chi connectivity index (χ4v) is 3.06. The van der Waals surface area contributed by atoms with E-state index in [1.54, 1.807) is 11.8 Å². The van der Waals surface area contributed by atoms with Gasteiger partial charge in [-0.2, -0.15) is 5.26 Å². The number of rotatable bonds is 2. The molecule has 1 aliphatic rings. The molecule has 1 aliphatic heterocycles. The lowest BCUT2D eigenvalue weighted by molar-refractivity contribution is -0.116. The molecule has 1 heterocycles. The summed E-state index contributed by atoms with van der Waals surface area (Å²) in [4.78, 5) is 13.4. The number of hydrogen-bond donors (Lipinski definition) is 0. The maximum absolute atomic E-state index is 11.7. The average molecular weight is 263 g/mol. The quantitative estimate of drug-likeness (QED) is 0.821. The number of fused-ring (bicyclic) bond motifs is 1. The number of nitriles is 1. The Hall–Kier alpha value is -1.53. The number of benzene rings is 1. The van der Waals surface area contributed by atoms with Gasteiger partial charge in [-0.25, -0.2) is 0 Å². The first kappa shape index (κ1) is 12.9. The molecule has 1 amide bonds. The molecule has 0 bridgehead atoms. The van der Waals surface area contributed by atoms with E-state index in [1.165, 1.54) is 0 Å². The van der Waals surface area contributed by atoms with E-state index in [0.29, 0.717) is 24.4 Å². The SMILES string of the molecule is CC(=O)N1CC(C)(CCC#N)c2c(Cl)cccc21. The third-order valence-electron chi connectivity index (χ3n) is 3.56. The first-order valence-electron chi connectivity index (χ1n) is 5.93. The molecule has 4 heteroatoms. The normalized spacial score (nSPS) is 21.6. The average Bonchev–Trinajstić information content (AvgIpc) is 2.63. The summed E-state index contributed by atoms with van der Waals surface area (Å²) in [7, 11) is 0. The molecule has 0 spiro atoms. The third-order valence-corrected chi connectivity index (χ3v) is 3.88. The molecule has 0 aliphatic carbocycles. The van der Waals surface area contributed by atoms with Crippen LogP contribution in [0.3, 0.4) is 0 Å². The number of halogens is 1. The minimum Gasteiger partial charge on any atom is -0.311 e. The number of carbonyl (C=O) groups is 1. The molecule has 1 aromatic carbocycles. The van der Waals surface area contributed by atoms with Crippen molar-refractivity contribution in [1.82, 2.24) is 0 Å².